The van der Waals surface area contributed by atoms with Crippen molar-refractivity contribution in [1.82, 2.24) is 9.78 Å². The molecular formula is C25H22N4O2S. The van der Waals surface area contributed by atoms with Crippen LogP contribution in [0.25, 0.3) is 16.5 Å². The molecule has 0 bridgehead atoms. The van der Waals surface area contributed by atoms with Crippen LogP contribution in [0.4, 0.5) is 11.4 Å². The minimum atomic E-state index is -0.447. The predicted octanol–water partition coefficient (Wildman–Crippen LogP) is 5.46. The first-order valence-electron chi connectivity index (χ1n) is 10.1. The van der Waals surface area contributed by atoms with Crippen molar-refractivity contribution in [3.05, 3.63) is 96.1 Å². The van der Waals surface area contributed by atoms with Crippen LogP contribution in [0.15, 0.2) is 91.3 Å². The van der Waals surface area contributed by atoms with E-state index in [2.05, 4.69) is 27.9 Å². The highest BCUT2D eigenvalue weighted by Crippen LogP contribution is 2.28. The maximum Gasteiger partial charge on any atom is 0.248 e. The van der Waals surface area contributed by atoms with Gasteiger partial charge in [-0.3, -0.25) is 14.3 Å². The van der Waals surface area contributed by atoms with E-state index >= 15 is 0 Å². The molecule has 0 saturated heterocycles. The number of thiophene rings is 1. The highest BCUT2D eigenvalue weighted by atomic mass is 32.1. The quantitative estimate of drug-likeness (QED) is 0.373. The second kappa shape index (κ2) is 9.89. The summed E-state index contributed by atoms with van der Waals surface area (Å²) in [4.78, 5) is 27.0. The molecule has 0 aliphatic rings. The second-order valence-electron chi connectivity index (χ2n) is 7.12. The second-order valence-corrected chi connectivity index (χ2v) is 8.24. The van der Waals surface area contributed by atoms with Gasteiger partial charge in [0.2, 0.25) is 11.8 Å². The third kappa shape index (κ3) is 5.39. The molecule has 2 aromatic carbocycles. The maximum absolute atomic E-state index is 12.4. The molecule has 160 valence electrons. The molecule has 1 unspecified atom stereocenters. The van der Waals surface area contributed by atoms with Gasteiger partial charge >= 0.3 is 0 Å². The molecule has 0 fully saturated rings. The van der Waals surface area contributed by atoms with Crippen molar-refractivity contribution in [2.24, 2.45) is 0 Å². The van der Waals surface area contributed by atoms with Crippen LogP contribution in [-0.2, 0) is 9.59 Å². The lowest BCUT2D eigenvalue weighted by Gasteiger charge is -2.13. The van der Waals surface area contributed by atoms with E-state index in [1.165, 1.54) is 6.08 Å². The smallest absolute Gasteiger partial charge is 0.248 e. The molecule has 0 aliphatic heterocycles. The van der Waals surface area contributed by atoms with E-state index < -0.39 is 6.04 Å². The lowest BCUT2D eigenvalue weighted by atomic mass is 10.2. The van der Waals surface area contributed by atoms with Crippen LogP contribution < -0.4 is 10.6 Å². The SMILES string of the molecule is CC(C(=O)Nc1cccc(NC(=O)/C=C/c2ccc(-c3ccccc3)s2)c1)n1cccn1. The molecule has 2 amide bonds. The minimum Gasteiger partial charge on any atom is -0.324 e. The van der Waals surface area contributed by atoms with Gasteiger partial charge in [0.1, 0.15) is 6.04 Å². The first-order chi connectivity index (χ1) is 15.6. The topological polar surface area (TPSA) is 76.0 Å². The molecule has 1 atom stereocenters. The van der Waals surface area contributed by atoms with E-state index in [0.29, 0.717) is 11.4 Å². The number of benzene rings is 2. The number of rotatable bonds is 7. The van der Waals surface area contributed by atoms with Gasteiger partial charge in [-0.05, 0) is 55.0 Å². The summed E-state index contributed by atoms with van der Waals surface area (Å²) < 4.78 is 1.58. The highest BCUT2D eigenvalue weighted by Gasteiger charge is 2.15. The summed E-state index contributed by atoms with van der Waals surface area (Å²) >= 11 is 1.62. The van der Waals surface area contributed by atoms with Crippen LogP contribution in [0.2, 0.25) is 0 Å². The van der Waals surface area contributed by atoms with Gasteiger partial charge in [0, 0.05) is 39.6 Å². The molecule has 4 rings (SSSR count). The number of hydrogen-bond acceptors (Lipinski definition) is 4. The van der Waals surface area contributed by atoms with E-state index in [1.807, 2.05) is 30.3 Å². The monoisotopic (exact) mass is 442 g/mol. The number of anilines is 2. The first-order valence-corrected chi connectivity index (χ1v) is 10.9. The van der Waals surface area contributed by atoms with Crippen molar-refractivity contribution in [1.29, 1.82) is 0 Å². The summed E-state index contributed by atoms with van der Waals surface area (Å²) in [5.74, 6) is -0.433. The molecule has 0 radical (unpaired) electrons. The van der Waals surface area contributed by atoms with Crippen molar-refractivity contribution in [3.8, 4) is 10.4 Å². The molecule has 6 nitrogen and oxygen atoms in total. The molecule has 0 spiro atoms. The van der Waals surface area contributed by atoms with Crippen LogP contribution in [0.5, 0.6) is 0 Å². The predicted molar refractivity (Wildman–Crippen MR) is 129 cm³/mol. The van der Waals surface area contributed by atoms with Crippen LogP contribution in [0, 0.1) is 0 Å². The Morgan fingerprint density at radius 1 is 0.969 bits per heavy atom. The molecule has 7 heteroatoms. The van der Waals surface area contributed by atoms with Crippen LogP contribution >= 0.6 is 11.3 Å². The summed E-state index contributed by atoms with van der Waals surface area (Å²) in [6, 6.07) is 22.5. The van der Waals surface area contributed by atoms with Gasteiger partial charge < -0.3 is 10.6 Å². The Hall–Kier alpha value is -3.97. The number of aromatic nitrogens is 2. The zero-order valence-electron chi connectivity index (χ0n) is 17.4. The van der Waals surface area contributed by atoms with E-state index in [4.69, 9.17) is 0 Å². The fourth-order valence-electron chi connectivity index (χ4n) is 3.09. The Morgan fingerprint density at radius 3 is 2.50 bits per heavy atom. The Balaban J connectivity index is 1.35. The first kappa shape index (κ1) is 21.3. The molecule has 32 heavy (non-hydrogen) atoms. The summed E-state index contributed by atoms with van der Waals surface area (Å²) in [5, 5.41) is 9.78. The average molecular weight is 443 g/mol. The van der Waals surface area contributed by atoms with E-state index in [0.717, 1.165) is 15.3 Å². The fourth-order valence-corrected chi connectivity index (χ4v) is 4.01. The molecule has 0 saturated carbocycles. The van der Waals surface area contributed by atoms with E-state index in [1.54, 1.807) is 71.7 Å². The number of hydrogen-bond donors (Lipinski definition) is 2. The number of carbonyl (C=O) groups excluding carboxylic acids is 2. The minimum absolute atomic E-state index is 0.191. The van der Waals surface area contributed by atoms with Gasteiger partial charge in [0.15, 0.2) is 0 Å². The lowest BCUT2D eigenvalue weighted by molar-refractivity contribution is -0.119. The molecule has 0 aliphatic carbocycles. The van der Waals surface area contributed by atoms with Crippen LogP contribution in [0.1, 0.15) is 17.8 Å². The van der Waals surface area contributed by atoms with Crippen molar-refractivity contribution in [2.45, 2.75) is 13.0 Å². The summed E-state index contributed by atoms with van der Waals surface area (Å²) in [6.07, 6.45) is 6.67. The summed E-state index contributed by atoms with van der Waals surface area (Å²) in [7, 11) is 0. The van der Waals surface area contributed by atoms with Gasteiger partial charge in [-0.2, -0.15) is 5.10 Å². The zero-order chi connectivity index (χ0) is 22.3. The number of amides is 2. The summed E-state index contributed by atoms with van der Waals surface area (Å²) in [5.41, 5.74) is 2.35. The standard InChI is InChI=1S/C25H22N4O2S/c1-18(29-16-6-15-26-29)25(31)28-21-10-5-9-20(17-21)27-24(30)14-12-22-11-13-23(32-22)19-7-3-2-4-8-19/h2-18H,1H3,(H,27,30)(H,28,31)/b14-12+. The number of nitrogens with zero attached hydrogens (tertiary/aromatic N) is 2. The van der Waals surface area contributed by atoms with Crippen molar-refractivity contribution >= 4 is 40.6 Å². The fraction of sp³-hybridized carbons (Fsp3) is 0.0800. The number of carbonyl (C=O) groups is 2. The van der Waals surface area contributed by atoms with E-state index in [9.17, 15) is 9.59 Å². The molecule has 2 N–H and O–H groups in total. The van der Waals surface area contributed by atoms with Gasteiger partial charge in [-0.15, -0.1) is 11.3 Å². The largest absolute Gasteiger partial charge is 0.324 e. The van der Waals surface area contributed by atoms with Gasteiger partial charge in [0.05, 0.1) is 0 Å². The lowest BCUT2D eigenvalue weighted by Crippen LogP contribution is -2.24. The van der Waals surface area contributed by atoms with Gasteiger partial charge in [-0.1, -0.05) is 36.4 Å². The Bertz CT molecular complexity index is 1230. The average Bonchev–Trinajstić information content (AvgIpc) is 3.50. The number of nitrogens with one attached hydrogen (secondary N) is 2. The maximum atomic E-state index is 12.4. The van der Waals surface area contributed by atoms with Crippen molar-refractivity contribution < 1.29 is 9.59 Å². The molecular weight excluding hydrogens is 420 g/mol. The third-order valence-corrected chi connectivity index (χ3v) is 5.88. The Morgan fingerprint density at radius 2 is 1.75 bits per heavy atom. The van der Waals surface area contributed by atoms with Gasteiger partial charge in [0.25, 0.3) is 0 Å². The summed E-state index contributed by atoms with van der Waals surface area (Å²) in [6.45, 7) is 1.77. The van der Waals surface area contributed by atoms with E-state index in [-0.39, 0.29) is 11.8 Å². The van der Waals surface area contributed by atoms with Crippen LogP contribution in [0.3, 0.4) is 0 Å². The molecule has 2 heterocycles. The molecule has 2 aromatic heterocycles. The third-order valence-electron chi connectivity index (χ3n) is 4.78. The van der Waals surface area contributed by atoms with Crippen LogP contribution in [-0.4, -0.2) is 21.6 Å². The molecule has 4 aromatic rings. The van der Waals surface area contributed by atoms with Crippen molar-refractivity contribution in [2.75, 3.05) is 10.6 Å². The Labute approximate surface area is 190 Å². The Kier molecular flexibility index (Phi) is 6.57. The highest BCUT2D eigenvalue weighted by molar-refractivity contribution is 7.16. The zero-order valence-corrected chi connectivity index (χ0v) is 18.3. The van der Waals surface area contributed by atoms with Gasteiger partial charge in [-0.25, -0.2) is 0 Å². The van der Waals surface area contributed by atoms with Crippen molar-refractivity contribution in [3.63, 3.8) is 0 Å². The normalized spacial score (nSPS) is 11.9.